The van der Waals surface area contributed by atoms with E-state index in [9.17, 15) is 14.7 Å². The predicted octanol–water partition coefficient (Wildman–Crippen LogP) is 5.64. The van der Waals surface area contributed by atoms with E-state index < -0.39 is 17.7 Å². The van der Waals surface area contributed by atoms with Crippen LogP contribution in [0.25, 0.3) is 16.0 Å². The number of benzene rings is 3. The predicted molar refractivity (Wildman–Crippen MR) is 140 cm³/mol. The molecule has 0 spiro atoms. The number of nitrogens with zero attached hydrogens (tertiary/aromatic N) is 2. The van der Waals surface area contributed by atoms with E-state index in [2.05, 4.69) is 4.98 Å². The minimum atomic E-state index is -0.881. The maximum Gasteiger partial charge on any atom is 0.301 e. The number of ether oxygens (including phenoxy) is 2. The first-order chi connectivity index (χ1) is 17.4. The average molecular weight is 501 g/mol. The van der Waals surface area contributed by atoms with Gasteiger partial charge in [-0.15, -0.1) is 0 Å². The lowest BCUT2D eigenvalue weighted by atomic mass is 9.95. The van der Waals surface area contributed by atoms with E-state index in [0.717, 1.165) is 15.8 Å². The van der Waals surface area contributed by atoms with E-state index in [-0.39, 0.29) is 11.3 Å². The van der Waals surface area contributed by atoms with Crippen molar-refractivity contribution in [1.29, 1.82) is 0 Å². The van der Waals surface area contributed by atoms with Gasteiger partial charge in [-0.2, -0.15) is 0 Å². The van der Waals surface area contributed by atoms with Crippen molar-refractivity contribution in [1.82, 2.24) is 4.98 Å². The zero-order chi connectivity index (χ0) is 25.4. The summed E-state index contributed by atoms with van der Waals surface area (Å²) in [6, 6.07) is 18.8. The van der Waals surface area contributed by atoms with Crippen molar-refractivity contribution in [3.05, 3.63) is 89.0 Å². The molecule has 1 N–H and O–H groups in total. The summed E-state index contributed by atoms with van der Waals surface area (Å²) >= 11 is 1.33. The lowest BCUT2D eigenvalue weighted by Gasteiger charge is -2.23. The number of thiazole rings is 1. The summed E-state index contributed by atoms with van der Waals surface area (Å²) in [5.74, 6) is -0.568. The van der Waals surface area contributed by atoms with Crippen LogP contribution in [0, 0.1) is 6.92 Å². The highest BCUT2D eigenvalue weighted by Gasteiger charge is 2.48. The molecule has 5 rings (SSSR count). The Morgan fingerprint density at radius 2 is 1.83 bits per heavy atom. The van der Waals surface area contributed by atoms with Crippen LogP contribution in [0.2, 0.25) is 0 Å². The fourth-order valence-electron chi connectivity index (χ4n) is 4.31. The van der Waals surface area contributed by atoms with Crippen LogP contribution in [0.1, 0.15) is 29.7 Å². The molecule has 36 heavy (non-hydrogen) atoms. The number of aliphatic hydroxyl groups is 1. The summed E-state index contributed by atoms with van der Waals surface area (Å²) in [6.45, 7) is 4.37. The Labute approximate surface area is 212 Å². The zero-order valence-electron chi connectivity index (χ0n) is 20.0. The van der Waals surface area contributed by atoms with Gasteiger partial charge in [0.1, 0.15) is 17.3 Å². The molecule has 1 aromatic heterocycles. The molecule has 0 saturated carbocycles. The molecule has 1 fully saturated rings. The first-order valence-electron chi connectivity index (χ1n) is 11.5. The number of anilines is 1. The van der Waals surface area contributed by atoms with Crippen molar-refractivity contribution >= 4 is 44.1 Å². The molecule has 4 aromatic rings. The smallest absolute Gasteiger partial charge is 0.301 e. The minimum absolute atomic E-state index is 0.00662. The molecule has 1 aliphatic heterocycles. The number of aliphatic hydroxyl groups excluding tert-OH is 1. The van der Waals surface area contributed by atoms with Crippen LogP contribution in [0.4, 0.5) is 5.13 Å². The summed E-state index contributed by atoms with van der Waals surface area (Å²) in [5, 5.41) is 11.7. The van der Waals surface area contributed by atoms with Crippen LogP contribution >= 0.6 is 11.3 Å². The number of Topliss-reactive ketones (excluding diaryl/α,β-unsaturated/α-hetero) is 1. The van der Waals surface area contributed by atoms with Gasteiger partial charge in [0.2, 0.25) is 0 Å². The highest BCUT2D eigenvalue weighted by atomic mass is 32.1. The molecule has 2 heterocycles. The van der Waals surface area contributed by atoms with Crippen LogP contribution in [0.5, 0.6) is 11.5 Å². The van der Waals surface area contributed by atoms with Crippen molar-refractivity contribution in [2.75, 3.05) is 18.6 Å². The Kier molecular flexibility index (Phi) is 6.20. The molecular formula is C28H24N2O5S. The Bertz CT molecular complexity index is 1510. The maximum absolute atomic E-state index is 13.4. The normalized spacial score (nSPS) is 17.1. The Hall–Kier alpha value is -4.17. The van der Waals surface area contributed by atoms with Gasteiger partial charge in [-0.05, 0) is 73.5 Å². The Balaban J connectivity index is 1.69. The SMILES string of the molecule is CCOc1ccc(C(O)=C2C(=O)C(=O)N(c3nc4ccc(C)cc4s3)[C@@H]2c2cccc(OC)c2)cc1. The van der Waals surface area contributed by atoms with Crippen LogP contribution in [0.15, 0.2) is 72.3 Å². The number of aryl methyl sites for hydroxylation is 1. The molecule has 1 aliphatic rings. The van der Waals surface area contributed by atoms with E-state index >= 15 is 0 Å². The lowest BCUT2D eigenvalue weighted by Crippen LogP contribution is -2.29. The molecule has 0 aliphatic carbocycles. The van der Waals surface area contributed by atoms with Crippen molar-refractivity contribution in [2.24, 2.45) is 0 Å². The largest absolute Gasteiger partial charge is 0.507 e. The number of hydrogen-bond donors (Lipinski definition) is 1. The summed E-state index contributed by atoms with van der Waals surface area (Å²) in [7, 11) is 1.55. The molecule has 1 amide bonds. The maximum atomic E-state index is 13.4. The molecule has 1 atom stereocenters. The standard InChI is InChI=1S/C28H24N2O5S/c1-4-35-19-11-9-17(10-12-19)25(31)23-24(18-6-5-7-20(15-18)34-3)30(27(33)26(23)32)28-29-21-13-8-16(2)14-22(21)36-28/h5-15,24,31H,4H2,1-3H3/t24-/m1/s1. The molecule has 0 unspecified atom stereocenters. The van der Waals surface area contributed by atoms with E-state index in [1.807, 2.05) is 32.0 Å². The quantitative estimate of drug-likeness (QED) is 0.209. The number of amides is 1. The number of ketones is 1. The first-order valence-corrected chi connectivity index (χ1v) is 12.3. The highest BCUT2D eigenvalue weighted by molar-refractivity contribution is 7.22. The monoisotopic (exact) mass is 500 g/mol. The molecule has 0 bridgehead atoms. The van der Waals surface area contributed by atoms with Gasteiger partial charge in [-0.25, -0.2) is 4.98 Å². The van der Waals surface area contributed by atoms with E-state index in [0.29, 0.717) is 34.4 Å². The number of rotatable bonds is 6. The van der Waals surface area contributed by atoms with E-state index in [1.165, 1.54) is 16.2 Å². The molecule has 1 saturated heterocycles. The summed E-state index contributed by atoms with van der Waals surface area (Å²) in [6.07, 6.45) is 0. The van der Waals surface area contributed by atoms with E-state index in [4.69, 9.17) is 9.47 Å². The number of carbonyl (C=O) groups is 2. The van der Waals surface area contributed by atoms with Crippen molar-refractivity contribution in [3.8, 4) is 11.5 Å². The van der Waals surface area contributed by atoms with Gasteiger partial charge >= 0.3 is 5.91 Å². The number of hydrogen-bond acceptors (Lipinski definition) is 7. The number of fused-ring (bicyclic) bond motifs is 1. The summed E-state index contributed by atoms with van der Waals surface area (Å²) < 4.78 is 11.8. The second kappa shape index (κ2) is 9.47. The van der Waals surface area contributed by atoms with Gasteiger partial charge < -0.3 is 14.6 Å². The summed E-state index contributed by atoms with van der Waals surface area (Å²) in [4.78, 5) is 32.8. The number of methoxy groups -OCH3 is 1. The third-order valence-electron chi connectivity index (χ3n) is 6.03. The fraction of sp³-hybridized carbons (Fsp3) is 0.179. The van der Waals surface area contributed by atoms with Crippen LogP contribution in [-0.2, 0) is 9.59 Å². The average Bonchev–Trinajstić information content (AvgIpc) is 3.42. The molecule has 3 aromatic carbocycles. The van der Waals surface area contributed by atoms with E-state index in [1.54, 1.807) is 55.6 Å². The Morgan fingerprint density at radius 3 is 2.56 bits per heavy atom. The lowest BCUT2D eigenvalue weighted by molar-refractivity contribution is -0.132. The third-order valence-corrected chi connectivity index (χ3v) is 7.05. The first kappa shape index (κ1) is 23.6. The van der Waals surface area contributed by atoms with Gasteiger partial charge in [0, 0.05) is 5.56 Å². The van der Waals surface area contributed by atoms with Crippen LogP contribution < -0.4 is 14.4 Å². The number of aromatic nitrogens is 1. The number of carbonyl (C=O) groups excluding carboxylic acids is 2. The van der Waals surface area contributed by atoms with Crippen LogP contribution in [-0.4, -0.2) is 35.5 Å². The third kappa shape index (κ3) is 4.09. The second-order valence-corrected chi connectivity index (χ2v) is 9.38. The van der Waals surface area contributed by atoms with Crippen molar-refractivity contribution in [3.63, 3.8) is 0 Å². The van der Waals surface area contributed by atoms with Crippen molar-refractivity contribution < 1.29 is 24.2 Å². The Morgan fingerprint density at radius 1 is 1.06 bits per heavy atom. The molecule has 8 heteroatoms. The molecule has 0 radical (unpaired) electrons. The van der Waals surface area contributed by atoms with Gasteiger partial charge in [0.25, 0.3) is 5.78 Å². The molecular weight excluding hydrogens is 476 g/mol. The minimum Gasteiger partial charge on any atom is -0.507 e. The van der Waals surface area contributed by atoms with Gasteiger partial charge in [-0.1, -0.05) is 29.5 Å². The summed E-state index contributed by atoms with van der Waals surface area (Å²) in [5.41, 5.74) is 2.83. The van der Waals surface area contributed by atoms with Crippen LogP contribution in [0.3, 0.4) is 0 Å². The highest BCUT2D eigenvalue weighted by Crippen LogP contribution is 2.45. The molecule has 7 nitrogen and oxygen atoms in total. The van der Waals surface area contributed by atoms with Gasteiger partial charge in [0.05, 0.1) is 35.5 Å². The topological polar surface area (TPSA) is 89.0 Å². The fourth-order valence-corrected chi connectivity index (χ4v) is 5.40. The molecule has 182 valence electrons. The van der Waals surface area contributed by atoms with Crippen molar-refractivity contribution in [2.45, 2.75) is 19.9 Å². The van der Waals surface area contributed by atoms with Gasteiger partial charge in [0.15, 0.2) is 5.13 Å². The zero-order valence-corrected chi connectivity index (χ0v) is 20.8. The second-order valence-electron chi connectivity index (χ2n) is 8.37. The van der Waals surface area contributed by atoms with Gasteiger partial charge in [-0.3, -0.25) is 14.5 Å².